The lowest BCUT2D eigenvalue weighted by Crippen LogP contribution is -2.24. The fourth-order valence-corrected chi connectivity index (χ4v) is 3.48. The summed E-state index contributed by atoms with van der Waals surface area (Å²) in [6.07, 6.45) is 4.35. The van der Waals surface area contributed by atoms with Gasteiger partial charge in [-0.2, -0.15) is 17.6 Å². The minimum Gasteiger partial charge on any atom is -0.345 e. The number of nitrogens with one attached hydrogen (secondary N) is 1. The van der Waals surface area contributed by atoms with Gasteiger partial charge in [-0.05, 0) is 31.2 Å². The summed E-state index contributed by atoms with van der Waals surface area (Å²) >= 11 is 5.83. The second kappa shape index (κ2) is 7.22. The van der Waals surface area contributed by atoms with Crippen LogP contribution in [0.25, 0.3) is 0 Å². The number of hydrogen-bond donors (Lipinski definition) is 1. The summed E-state index contributed by atoms with van der Waals surface area (Å²) in [5.41, 5.74) is 1.32. The summed E-state index contributed by atoms with van der Waals surface area (Å²) in [4.78, 5) is 20.4. The van der Waals surface area contributed by atoms with Gasteiger partial charge in [0.25, 0.3) is 15.9 Å². The number of amides is 1. The van der Waals surface area contributed by atoms with Gasteiger partial charge in [-0.1, -0.05) is 17.7 Å². The first-order valence-corrected chi connectivity index (χ1v) is 9.30. The van der Waals surface area contributed by atoms with Crippen molar-refractivity contribution < 1.29 is 13.2 Å². The third kappa shape index (κ3) is 3.89. The van der Waals surface area contributed by atoms with Crippen molar-refractivity contribution in [2.24, 2.45) is 0 Å². The monoisotopic (exact) mass is 391 g/mol. The summed E-state index contributed by atoms with van der Waals surface area (Å²) in [5, 5.41) is 6.75. The lowest BCUT2D eigenvalue weighted by molar-refractivity contribution is 0.0945. The highest BCUT2D eigenvalue weighted by Crippen LogP contribution is 2.18. The molecule has 0 aliphatic carbocycles. The maximum atomic E-state index is 12.5. The molecule has 0 fully saturated rings. The molecule has 0 radical (unpaired) electrons. The van der Waals surface area contributed by atoms with E-state index in [9.17, 15) is 13.2 Å². The van der Waals surface area contributed by atoms with Gasteiger partial charge in [-0.15, -0.1) is 0 Å². The molecular weight excluding hydrogens is 378 g/mol. The van der Waals surface area contributed by atoms with Crippen molar-refractivity contribution in [2.75, 3.05) is 0 Å². The number of rotatable bonds is 5. The van der Waals surface area contributed by atoms with E-state index in [-0.39, 0.29) is 22.2 Å². The molecule has 134 valence electrons. The molecule has 2 aromatic heterocycles. The molecule has 10 heteroatoms. The number of aryl methyl sites for hydroxylation is 1. The minimum atomic E-state index is -3.93. The molecule has 26 heavy (non-hydrogen) atoms. The van der Waals surface area contributed by atoms with Crippen LogP contribution in [0.5, 0.6) is 0 Å². The van der Waals surface area contributed by atoms with Crippen molar-refractivity contribution in [3.63, 3.8) is 0 Å². The lowest BCUT2D eigenvalue weighted by Gasteiger charge is -2.05. The average Bonchev–Trinajstić information content (AvgIpc) is 3.12. The van der Waals surface area contributed by atoms with Crippen LogP contribution in [0.15, 0.2) is 53.8 Å². The van der Waals surface area contributed by atoms with E-state index in [1.165, 1.54) is 30.5 Å². The molecule has 0 unspecified atom stereocenters. The molecule has 1 aromatic carbocycles. The molecule has 2 heterocycles. The molecule has 8 nitrogen and oxygen atoms in total. The minimum absolute atomic E-state index is 0.0185. The van der Waals surface area contributed by atoms with E-state index in [1.54, 1.807) is 18.5 Å². The summed E-state index contributed by atoms with van der Waals surface area (Å²) in [7, 11) is -3.93. The van der Waals surface area contributed by atoms with Gasteiger partial charge in [0, 0.05) is 17.4 Å². The zero-order chi connectivity index (χ0) is 18.7. The van der Waals surface area contributed by atoms with Crippen LogP contribution < -0.4 is 5.32 Å². The number of nitrogens with zero attached hydrogens (tertiary/aromatic N) is 4. The number of aromatic nitrogens is 4. The normalized spacial score (nSPS) is 11.3. The van der Waals surface area contributed by atoms with Crippen molar-refractivity contribution in [3.8, 4) is 0 Å². The van der Waals surface area contributed by atoms with E-state index in [0.29, 0.717) is 5.69 Å². The number of benzene rings is 1. The predicted octanol–water partition coefficient (Wildman–Crippen LogP) is 1.80. The molecule has 0 atom stereocenters. The molecule has 0 aliphatic heterocycles. The van der Waals surface area contributed by atoms with Crippen LogP contribution in [0.1, 0.15) is 21.9 Å². The van der Waals surface area contributed by atoms with Crippen molar-refractivity contribution >= 4 is 27.5 Å². The first-order valence-electron chi connectivity index (χ1n) is 7.49. The molecule has 3 aromatic rings. The Bertz CT molecular complexity index is 1050. The Labute approximate surface area is 154 Å². The highest BCUT2D eigenvalue weighted by molar-refractivity contribution is 7.89. The van der Waals surface area contributed by atoms with Gasteiger partial charge in [0.15, 0.2) is 5.69 Å². The zero-order valence-electron chi connectivity index (χ0n) is 13.6. The molecule has 1 N–H and O–H groups in total. The standard InChI is InChI=1S/C16H14ClN5O3S/c1-11-8-19-13(9-18-11)10-20-16(23)15-5-6-22(21-15)26(24,25)14-4-2-3-12(17)7-14/h2-9H,10H2,1H3,(H,20,23). The summed E-state index contributed by atoms with van der Waals surface area (Å²) in [6.45, 7) is 1.96. The van der Waals surface area contributed by atoms with E-state index in [2.05, 4.69) is 20.4 Å². The van der Waals surface area contributed by atoms with Gasteiger partial charge in [0.2, 0.25) is 0 Å². The van der Waals surface area contributed by atoms with Crippen LogP contribution in [0, 0.1) is 6.92 Å². The van der Waals surface area contributed by atoms with Gasteiger partial charge in [-0.25, -0.2) is 0 Å². The zero-order valence-corrected chi connectivity index (χ0v) is 15.2. The first kappa shape index (κ1) is 18.0. The van der Waals surface area contributed by atoms with Crippen LogP contribution in [-0.4, -0.2) is 33.5 Å². The Kier molecular flexibility index (Phi) is 5.01. The van der Waals surface area contributed by atoms with Crippen molar-refractivity contribution in [3.05, 3.63) is 71.0 Å². The Morgan fingerprint density at radius 3 is 2.73 bits per heavy atom. The molecule has 0 saturated heterocycles. The van der Waals surface area contributed by atoms with Crippen LogP contribution in [0.4, 0.5) is 0 Å². The SMILES string of the molecule is Cc1cnc(CNC(=O)c2ccn(S(=O)(=O)c3cccc(Cl)c3)n2)cn1. The Morgan fingerprint density at radius 2 is 2.04 bits per heavy atom. The molecule has 0 bridgehead atoms. The first-order chi connectivity index (χ1) is 12.4. The van der Waals surface area contributed by atoms with Crippen molar-refractivity contribution in [2.45, 2.75) is 18.4 Å². The number of halogens is 1. The Balaban J connectivity index is 1.74. The topological polar surface area (TPSA) is 107 Å². The summed E-state index contributed by atoms with van der Waals surface area (Å²) in [6, 6.07) is 7.12. The number of hydrogen-bond acceptors (Lipinski definition) is 6. The van der Waals surface area contributed by atoms with Gasteiger partial charge < -0.3 is 5.32 Å². The summed E-state index contributed by atoms with van der Waals surface area (Å²) < 4.78 is 25.8. The summed E-state index contributed by atoms with van der Waals surface area (Å²) in [5.74, 6) is -0.521. The fourth-order valence-electron chi connectivity index (χ4n) is 2.07. The van der Waals surface area contributed by atoms with Gasteiger partial charge in [0.1, 0.15) is 0 Å². The molecule has 0 aliphatic rings. The van der Waals surface area contributed by atoms with Gasteiger partial charge in [0.05, 0.1) is 29.0 Å². The van der Waals surface area contributed by atoms with E-state index in [0.717, 1.165) is 9.78 Å². The second-order valence-corrected chi connectivity index (χ2v) is 7.60. The fraction of sp³-hybridized carbons (Fsp3) is 0.125. The van der Waals surface area contributed by atoms with Crippen molar-refractivity contribution in [1.82, 2.24) is 24.5 Å². The highest BCUT2D eigenvalue weighted by atomic mass is 35.5. The van der Waals surface area contributed by atoms with Crippen LogP contribution >= 0.6 is 11.6 Å². The maximum absolute atomic E-state index is 12.5. The smallest absolute Gasteiger partial charge is 0.283 e. The lowest BCUT2D eigenvalue weighted by atomic mass is 10.3. The van der Waals surface area contributed by atoms with Crippen LogP contribution in [0.3, 0.4) is 0 Å². The Morgan fingerprint density at radius 1 is 1.23 bits per heavy atom. The molecule has 3 rings (SSSR count). The van der Waals surface area contributed by atoms with E-state index in [4.69, 9.17) is 11.6 Å². The highest BCUT2D eigenvalue weighted by Gasteiger charge is 2.20. The maximum Gasteiger partial charge on any atom is 0.283 e. The van der Waals surface area contributed by atoms with Crippen LogP contribution in [-0.2, 0) is 16.6 Å². The second-order valence-electron chi connectivity index (χ2n) is 5.37. The van der Waals surface area contributed by atoms with E-state index in [1.807, 2.05) is 6.92 Å². The quantitative estimate of drug-likeness (QED) is 0.710. The van der Waals surface area contributed by atoms with Gasteiger partial charge >= 0.3 is 0 Å². The van der Waals surface area contributed by atoms with E-state index >= 15 is 0 Å². The third-order valence-corrected chi connectivity index (χ3v) is 5.18. The third-order valence-electron chi connectivity index (χ3n) is 3.40. The van der Waals surface area contributed by atoms with E-state index < -0.39 is 15.9 Å². The molecule has 0 saturated carbocycles. The Hall–Kier alpha value is -2.78. The molecular formula is C16H14ClN5O3S. The van der Waals surface area contributed by atoms with Gasteiger partial charge in [-0.3, -0.25) is 14.8 Å². The molecule has 0 spiro atoms. The predicted molar refractivity (Wildman–Crippen MR) is 94.2 cm³/mol. The number of carbonyl (C=O) groups is 1. The average molecular weight is 392 g/mol. The van der Waals surface area contributed by atoms with Crippen molar-refractivity contribution in [1.29, 1.82) is 0 Å². The molecule has 1 amide bonds. The largest absolute Gasteiger partial charge is 0.345 e. The van der Waals surface area contributed by atoms with Crippen LogP contribution in [0.2, 0.25) is 5.02 Å². The number of carbonyl (C=O) groups excluding carboxylic acids is 1.